The predicted molar refractivity (Wildman–Crippen MR) is 144 cm³/mol. The van der Waals surface area contributed by atoms with Gasteiger partial charge in [0.2, 0.25) is 15.9 Å². The van der Waals surface area contributed by atoms with Gasteiger partial charge in [-0.2, -0.15) is 0 Å². The summed E-state index contributed by atoms with van der Waals surface area (Å²) >= 11 is 11.8. The van der Waals surface area contributed by atoms with Crippen LogP contribution in [-0.2, 0) is 24.8 Å². The van der Waals surface area contributed by atoms with Gasteiger partial charge in [0.15, 0.2) is 0 Å². The van der Waals surface area contributed by atoms with Gasteiger partial charge in [-0.3, -0.25) is 23.9 Å². The molecule has 3 aromatic carbocycles. The summed E-state index contributed by atoms with van der Waals surface area (Å²) in [5.74, 6) is -0.803. The van der Waals surface area contributed by atoms with Crippen molar-refractivity contribution in [3.8, 4) is 5.75 Å². The van der Waals surface area contributed by atoms with Gasteiger partial charge in [-0.1, -0.05) is 23.2 Å². The van der Waals surface area contributed by atoms with E-state index in [-0.39, 0.29) is 37.8 Å². The number of carbonyl (C=O) groups excluding carboxylic acids is 1. The quantitative estimate of drug-likeness (QED) is 0.258. The minimum Gasteiger partial charge on any atom is -0.495 e. The molecule has 0 aliphatic carbocycles. The second-order valence-corrected chi connectivity index (χ2v) is 12.2. The third-order valence-electron chi connectivity index (χ3n) is 4.89. The van der Waals surface area contributed by atoms with Gasteiger partial charge in [0, 0.05) is 27.9 Å². The van der Waals surface area contributed by atoms with E-state index in [2.05, 4.69) is 10.0 Å². The maximum Gasteiger partial charge on any atom is 0.271 e. The summed E-state index contributed by atoms with van der Waals surface area (Å²) in [6.45, 7) is -0.743. The lowest BCUT2D eigenvalue weighted by Crippen LogP contribution is -2.37. The van der Waals surface area contributed by atoms with Crippen LogP contribution in [0.5, 0.6) is 5.75 Å². The molecule has 0 aromatic heterocycles. The number of benzene rings is 3. The lowest BCUT2D eigenvalue weighted by molar-refractivity contribution is -0.384. The maximum atomic E-state index is 12.7. The standard InChI is InChI=1S/C22H20Cl2N4O8S2/c1-36-21-8-5-18(28(30)31)12-20(21)27(37(2,32)33)13-22(29)25-16-3-6-19(7-4-16)38(34,35)26-17-10-14(23)9-15(24)11-17/h3-12,26H,13H2,1-2H3,(H,25,29). The molecule has 3 aromatic rings. The lowest BCUT2D eigenvalue weighted by atomic mass is 10.2. The fourth-order valence-electron chi connectivity index (χ4n) is 3.24. The summed E-state index contributed by atoms with van der Waals surface area (Å²) in [6.07, 6.45) is 0.832. The molecule has 0 aliphatic rings. The number of non-ortho nitro benzene ring substituents is 1. The van der Waals surface area contributed by atoms with Crippen molar-refractivity contribution in [2.24, 2.45) is 0 Å². The fraction of sp³-hybridized carbons (Fsp3) is 0.136. The number of hydrogen-bond acceptors (Lipinski definition) is 8. The van der Waals surface area contributed by atoms with E-state index in [1.807, 2.05) is 0 Å². The first-order chi connectivity index (χ1) is 17.7. The molecule has 0 saturated carbocycles. The van der Waals surface area contributed by atoms with Crippen LogP contribution in [0.3, 0.4) is 0 Å². The highest BCUT2D eigenvalue weighted by Crippen LogP contribution is 2.33. The van der Waals surface area contributed by atoms with E-state index in [9.17, 15) is 31.7 Å². The second-order valence-electron chi connectivity index (χ2n) is 7.72. The zero-order chi connectivity index (χ0) is 28.3. The number of carbonyl (C=O) groups is 1. The van der Waals surface area contributed by atoms with Crippen LogP contribution in [0, 0.1) is 10.1 Å². The SMILES string of the molecule is COc1ccc([N+](=O)[O-])cc1N(CC(=O)Nc1ccc(S(=O)(=O)Nc2cc(Cl)cc(Cl)c2)cc1)S(C)(=O)=O. The number of nitrogens with zero attached hydrogens (tertiary/aromatic N) is 2. The van der Waals surface area contributed by atoms with E-state index in [0.717, 1.165) is 18.4 Å². The minimum atomic E-state index is -4.08. The molecule has 16 heteroatoms. The lowest BCUT2D eigenvalue weighted by Gasteiger charge is -2.23. The molecule has 0 saturated heterocycles. The average molecular weight is 603 g/mol. The first-order valence-corrected chi connectivity index (χ1v) is 14.5. The van der Waals surface area contributed by atoms with Crippen molar-refractivity contribution in [2.75, 3.05) is 34.3 Å². The van der Waals surface area contributed by atoms with Crippen LogP contribution in [0.25, 0.3) is 0 Å². The van der Waals surface area contributed by atoms with Gasteiger partial charge < -0.3 is 10.1 Å². The Labute approximate surface area is 228 Å². The van der Waals surface area contributed by atoms with Crippen LogP contribution >= 0.6 is 23.2 Å². The molecule has 38 heavy (non-hydrogen) atoms. The number of hydrogen-bond donors (Lipinski definition) is 2. The first-order valence-electron chi connectivity index (χ1n) is 10.4. The van der Waals surface area contributed by atoms with Gasteiger partial charge in [0.1, 0.15) is 18.0 Å². The summed E-state index contributed by atoms with van der Waals surface area (Å²) < 4.78 is 58.4. The molecule has 0 radical (unpaired) electrons. The van der Waals surface area contributed by atoms with Crippen LogP contribution < -0.4 is 19.1 Å². The molecule has 0 aliphatic heterocycles. The Balaban J connectivity index is 1.79. The van der Waals surface area contributed by atoms with Gasteiger partial charge in [0.05, 0.1) is 28.9 Å². The van der Waals surface area contributed by atoms with Gasteiger partial charge in [0.25, 0.3) is 15.7 Å². The molecule has 0 unspecified atom stereocenters. The number of sulfonamides is 2. The number of rotatable bonds is 10. The number of halogens is 2. The molecule has 2 N–H and O–H groups in total. The Morgan fingerprint density at radius 3 is 2.11 bits per heavy atom. The van der Waals surface area contributed by atoms with Gasteiger partial charge >= 0.3 is 0 Å². The van der Waals surface area contributed by atoms with E-state index < -0.39 is 43.1 Å². The Kier molecular flexibility index (Phi) is 8.72. The van der Waals surface area contributed by atoms with Crippen molar-refractivity contribution in [3.05, 3.63) is 80.8 Å². The first kappa shape index (κ1) is 29.0. The number of nitrogens with one attached hydrogen (secondary N) is 2. The van der Waals surface area contributed by atoms with E-state index >= 15 is 0 Å². The van der Waals surface area contributed by atoms with Crippen molar-refractivity contribution < 1.29 is 31.3 Å². The molecule has 0 bridgehead atoms. The van der Waals surface area contributed by atoms with Gasteiger partial charge in [-0.15, -0.1) is 0 Å². The van der Waals surface area contributed by atoms with Gasteiger partial charge in [-0.25, -0.2) is 16.8 Å². The highest BCUT2D eigenvalue weighted by Gasteiger charge is 2.26. The van der Waals surface area contributed by atoms with Crippen molar-refractivity contribution in [1.29, 1.82) is 0 Å². The second kappa shape index (κ2) is 11.4. The normalized spacial score (nSPS) is 11.5. The van der Waals surface area contributed by atoms with Crippen LogP contribution in [0.4, 0.5) is 22.7 Å². The zero-order valence-electron chi connectivity index (χ0n) is 19.7. The number of amides is 1. The van der Waals surface area contributed by atoms with E-state index in [1.54, 1.807) is 0 Å². The monoisotopic (exact) mass is 602 g/mol. The summed E-state index contributed by atoms with van der Waals surface area (Å²) in [5.41, 5.74) is -0.287. The molecule has 202 valence electrons. The van der Waals surface area contributed by atoms with Crippen LogP contribution in [-0.4, -0.2) is 47.6 Å². The van der Waals surface area contributed by atoms with Crippen LogP contribution in [0.1, 0.15) is 0 Å². The Morgan fingerprint density at radius 2 is 1.58 bits per heavy atom. The van der Waals surface area contributed by atoms with Crippen molar-refractivity contribution >= 4 is 71.9 Å². The summed E-state index contributed by atoms with van der Waals surface area (Å²) in [7, 11) is -6.85. The van der Waals surface area contributed by atoms with Crippen LogP contribution in [0.2, 0.25) is 10.0 Å². The maximum absolute atomic E-state index is 12.7. The Hall–Kier alpha value is -3.59. The number of nitro benzene ring substituents is 1. The molecule has 0 fully saturated rings. The van der Waals surface area contributed by atoms with E-state index in [1.165, 1.54) is 55.6 Å². The third-order valence-corrected chi connectivity index (χ3v) is 7.85. The Morgan fingerprint density at radius 1 is 0.974 bits per heavy atom. The molecular weight excluding hydrogens is 583 g/mol. The van der Waals surface area contributed by atoms with E-state index in [4.69, 9.17) is 27.9 Å². The largest absolute Gasteiger partial charge is 0.495 e. The number of anilines is 3. The number of methoxy groups -OCH3 is 1. The summed E-state index contributed by atoms with van der Waals surface area (Å²) in [5, 5.41) is 14.1. The fourth-order valence-corrected chi connectivity index (χ4v) is 5.66. The zero-order valence-corrected chi connectivity index (χ0v) is 22.9. The van der Waals surface area contributed by atoms with Crippen molar-refractivity contribution in [2.45, 2.75) is 4.90 Å². The summed E-state index contributed by atoms with van der Waals surface area (Å²) in [4.78, 5) is 23.0. The van der Waals surface area contributed by atoms with E-state index in [0.29, 0.717) is 4.31 Å². The predicted octanol–water partition coefficient (Wildman–Crippen LogP) is 4.12. The van der Waals surface area contributed by atoms with Crippen molar-refractivity contribution in [1.82, 2.24) is 0 Å². The molecule has 1 amide bonds. The smallest absolute Gasteiger partial charge is 0.271 e. The molecular formula is C22H20Cl2N4O8S2. The minimum absolute atomic E-state index is 0.00289. The molecule has 0 spiro atoms. The Bertz CT molecular complexity index is 1580. The average Bonchev–Trinajstić information content (AvgIpc) is 2.80. The molecule has 3 rings (SSSR count). The highest BCUT2D eigenvalue weighted by molar-refractivity contribution is 7.92. The number of nitro groups is 1. The molecule has 0 atom stereocenters. The number of ether oxygens (including phenoxy) is 1. The molecule has 12 nitrogen and oxygen atoms in total. The summed E-state index contributed by atoms with van der Waals surface area (Å²) in [6, 6.07) is 12.6. The van der Waals surface area contributed by atoms with Gasteiger partial charge in [-0.05, 0) is 48.5 Å². The third kappa shape index (κ3) is 7.25. The topological polar surface area (TPSA) is 165 Å². The molecule has 0 heterocycles. The van der Waals surface area contributed by atoms with Crippen molar-refractivity contribution in [3.63, 3.8) is 0 Å². The highest BCUT2D eigenvalue weighted by atomic mass is 35.5. The van der Waals surface area contributed by atoms with Crippen LogP contribution in [0.15, 0.2) is 65.6 Å².